The Kier molecular flexibility index (Phi) is 4.78. The van der Waals surface area contributed by atoms with Crippen LogP contribution in [-0.4, -0.2) is 34.6 Å². The molecule has 1 heterocycles. The molecule has 2 rings (SSSR count). The summed E-state index contributed by atoms with van der Waals surface area (Å²) in [5.74, 6) is 0.141. The number of carbonyl (C=O) groups is 1. The molecule has 0 aromatic carbocycles. The van der Waals surface area contributed by atoms with E-state index in [-0.39, 0.29) is 5.54 Å². The van der Waals surface area contributed by atoms with E-state index in [4.69, 9.17) is 0 Å². The Bertz CT molecular complexity index is 337. The van der Waals surface area contributed by atoms with Crippen LogP contribution in [0, 0.1) is 11.3 Å². The molecule has 2 aliphatic rings. The molecule has 0 spiro atoms. The Morgan fingerprint density at radius 1 is 1.25 bits per heavy atom. The van der Waals surface area contributed by atoms with Crippen molar-refractivity contribution in [3.05, 3.63) is 0 Å². The van der Waals surface area contributed by atoms with Gasteiger partial charge < -0.3 is 5.11 Å². The molecule has 1 N–H and O–H groups in total. The summed E-state index contributed by atoms with van der Waals surface area (Å²) in [6.45, 7) is 9.24. The fraction of sp³-hybridized carbons (Fsp3) is 0.941. The van der Waals surface area contributed by atoms with Gasteiger partial charge in [0.1, 0.15) is 0 Å². The molecule has 1 aliphatic carbocycles. The minimum Gasteiger partial charge on any atom is -0.481 e. The molecule has 0 radical (unpaired) electrons. The summed E-state index contributed by atoms with van der Waals surface area (Å²) in [6.07, 6.45) is 8.59. The van der Waals surface area contributed by atoms with E-state index in [1.165, 1.54) is 32.1 Å². The van der Waals surface area contributed by atoms with Crippen LogP contribution in [0.4, 0.5) is 0 Å². The van der Waals surface area contributed by atoms with Crippen LogP contribution in [0.2, 0.25) is 0 Å². The van der Waals surface area contributed by atoms with Gasteiger partial charge >= 0.3 is 5.97 Å². The Morgan fingerprint density at radius 3 is 2.25 bits per heavy atom. The third kappa shape index (κ3) is 3.19. The molecule has 0 bridgehead atoms. The Balaban J connectivity index is 2.06. The molecule has 0 amide bonds. The minimum absolute atomic E-state index is 0.0390. The van der Waals surface area contributed by atoms with Gasteiger partial charge in [0.2, 0.25) is 0 Å². The van der Waals surface area contributed by atoms with Crippen molar-refractivity contribution in [2.45, 2.75) is 77.7 Å². The van der Waals surface area contributed by atoms with Crippen LogP contribution in [0.1, 0.15) is 72.1 Å². The van der Waals surface area contributed by atoms with E-state index in [2.05, 4.69) is 25.7 Å². The predicted octanol–water partition coefficient (Wildman–Crippen LogP) is 3.92. The van der Waals surface area contributed by atoms with Crippen LogP contribution in [0.5, 0.6) is 0 Å². The van der Waals surface area contributed by atoms with E-state index in [9.17, 15) is 9.90 Å². The number of hydrogen-bond donors (Lipinski definition) is 1. The molecular formula is C17H31NO2. The normalized spacial score (nSPS) is 32.5. The number of likely N-dealkylation sites (tertiary alicyclic amines) is 1. The zero-order valence-corrected chi connectivity index (χ0v) is 13.5. The molecule has 116 valence electrons. The summed E-state index contributed by atoms with van der Waals surface area (Å²) in [5.41, 5.74) is 0.364. The van der Waals surface area contributed by atoms with E-state index in [0.29, 0.717) is 11.8 Å². The van der Waals surface area contributed by atoms with Gasteiger partial charge in [-0.15, -0.1) is 0 Å². The van der Waals surface area contributed by atoms with E-state index in [1.54, 1.807) is 0 Å². The minimum atomic E-state index is -0.620. The molecule has 0 atom stereocenters. The van der Waals surface area contributed by atoms with Gasteiger partial charge in [-0.3, -0.25) is 9.69 Å². The number of rotatable bonds is 5. The lowest BCUT2D eigenvalue weighted by Crippen LogP contribution is -2.52. The summed E-state index contributed by atoms with van der Waals surface area (Å²) < 4.78 is 0. The van der Waals surface area contributed by atoms with E-state index < -0.39 is 5.97 Å². The smallest absolute Gasteiger partial charge is 0.305 e. The van der Waals surface area contributed by atoms with Gasteiger partial charge in [-0.25, -0.2) is 0 Å². The highest BCUT2D eigenvalue weighted by Crippen LogP contribution is 2.47. The van der Waals surface area contributed by atoms with Crippen LogP contribution in [0.25, 0.3) is 0 Å². The first-order chi connectivity index (χ1) is 9.39. The van der Waals surface area contributed by atoms with Crippen molar-refractivity contribution in [2.75, 3.05) is 13.1 Å². The van der Waals surface area contributed by atoms with Crippen LogP contribution >= 0.6 is 0 Å². The third-order valence-electron chi connectivity index (χ3n) is 6.19. The van der Waals surface area contributed by atoms with Crippen molar-refractivity contribution >= 4 is 5.97 Å². The average molecular weight is 281 g/mol. The summed E-state index contributed by atoms with van der Waals surface area (Å²) in [4.78, 5) is 13.8. The Labute approximate surface area is 123 Å². The second kappa shape index (κ2) is 6.05. The zero-order valence-electron chi connectivity index (χ0n) is 13.5. The molecular weight excluding hydrogens is 250 g/mol. The van der Waals surface area contributed by atoms with Crippen LogP contribution in [-0.2, 0) is 4.79 Å². The average Bonchev–Trinajstić information content (AvgIpc) is 2.93. The highest BCUT2D eigenvalue weighted by atomic mass is 16.4. The second-order valence-electron chi connectivity index (χ2n) is 7.61. The highest BCUT2D eigenvalue weighted by Gasteiger charge is 2.44. The monoisotopic (exact) mass is 281 g/mol. The molecule has 0 unspecified atom stereocenters. The SMILES string of the molecule is CCC(C)(C)C1CCC(CC(=O)O)(N2CCCC2)CC1. The Morgan fingerprint density at radius 2 is 1.80 bits per heavy atom. The molecule has 3 heteroatoms. The van der Waals surface area contributed by atoms with Gasteiger partial charge in [0.25, 0.3) is 0 Å². The van der Waals surface area contributed by atoms with Gasteiger partial charge in [-0.2, -0.15) is 0 Å². The highest BCUT2D eigenvalue weighted by molar-refractivity contribution is 5.68. The van der Waals surface area contributed by atoms with Crippen molar-refractivity contribution in [3.63, 3.8) is 0 Å². The van der Waals surface area contributed by atoms with Crippen molar-refractivity contribution < 1.29 is 9.90 Å². The summed E-state index contributed by atoms with van der Waals surface area (Å²) in [6, 6.07) is 0. The summed E-state index contributed by atoms with van der Waals surface area (Å²) >= 11 is 0. The van der Waals surface area contributed by atoms with E-state index in [0.717, 1.165) is 31.8 Å². The molecule has 2 fully saturated rings. The first-order valence-electron chi connectivity index (χ1n) is 8.36. The summed E-state index contributed by atoms with van der Waals surface area (Å²) in [7, 11) is 0. The number of carboxylic acids is 1. The fourth-order valence-corrected chi connectivity index (χ4v) is 4.30. The number of carboxylic acid groups (broad SMARTS) is 1. The predicted molar refractivity (Wildman–Crippen MR) is 81.8 cm³/mol. The maximum absolute atomic E-state index is 11.3. The molecule has 20 heavy (non-hydrogen) atoms. The van der Waals surface area contributed by atoms with E-state index in [1.807, 2.05) is 0 Å². The largest absolute Gasteiger partial charge is 0.481 e. The van der Waals surface area contributed by atoms with Gasteiger partial charge in [0.05, 0.1) is 6.42 Å². The van der Waals surface area contributed by atoms with Crippen LogP contribution in [0.3, 0.4) is 0 Å². The number of nitrogens with zero attached hydrogens (tertiary/aromatic N) is 1. The first kappa shape index (κ1) is 15.8. The third-order valence-corrected chi connectivity index (χ3v) is 6.19. The lowest BCUT2D eigenvalue weighted by Gasteiger charge is -2.49. The van der Waals surface area contributed by atoms with Gasteiger partial charge in [-0.1, -0.05) is 27.2 Å². The van der Waals surface area contributed by atoms with Gasteiger partial charge in [0.15, 0.2) is 0 Å². The molecule has 0 aromatic heterocycles. The molecule has 1 aliphatic heterocycles. The molecule has 1 saturated carbocycles. The topological polar surface area (TPSA) is 40.5 Å². The van der Waals surface area contributed by atoms with Gasteiger partial charge in [0, 0.05) is 5.54 Å². The van der Waals surface area contributed by atoms with Crippen molar-refractivity contribution in [1.82, 2.24) is 4.90 Å². The van der Waals surface area contributed by atoms with Crippen molar-refractivity contribution in [3.8, 4) is 0 Å². The first-order valence-corrected chi connectivity index (χ1v) is 8.36. The Hall–Kier alpha value is -0.570. The van der Waals surface area contributed by atoms with Gasteiger partial charge in [-0.05, 0) is 62.9 Å². The molecule has 1 saturated heterocycles. The number of aliphatic carboxylic acids is 1. The maximum Gasteiger partial charge on any atom is 0.305 e. The summed E-state index contributed by atoms with van der Waals surface area (Å²) in [5, 5.41) is 9.34. The quantitative estimate of drug-likeness (QED) is 0.830. The van der Waals surface area contributed by atoms with Crippen molar-refractivity contribution in [2.24, 2.45) is 11.3 Å². The van der Waals surface area contributed by atoms with Crippen LogP contribution < -0.4 is 0 Å². The van der Waals surface area contributed by atoms with E-state index >= 15 is 0 Å². The molecule has 3 nitrogen and oxygen atoms in total. The standard InChI is InChI=1S/C17H31NO2/c1-4-16(2,3)14-7-9-17(10-8-14,13-15(19)20)18-11-5-6-12-18/h14H,4-13H2,1-3H3,(H,19,20). The maximum atomic E-state index is 11.3. The number of hydrogen-bond acceptors (Lipinski definition) is 2. The van der Waals surface area contributed by atoms with Crippen molar-refractivity contribution in [1.29, 1.82) is 0 Å². The molecule has 0 aromatic rings. The zero-order chi connectivity index (χ0) is 14.8. The lowest BCUT2D eigenvalue weighted by molar-refractivity contribution is -0.141. The lowest BCUT2D eigenvalue weighted by atomic mass is 9.64. The fourth-order valence-electron chi connectivity index (χ4n) is 4.30. The van der Waals surface area contributed by atoms with Crippen LogP contribution in [0.15, 0.2) is 0 Å². The second-order valence-corrected chi connectivity index (χ2v) is 7.61.